The van der Waals surface area contributed by atoms with Crippen molar-refractivity contribution < 1.29 is 14.2 Å². The monoisotopic (exact) mass is 305 g/mol. The van der Waals surface area contributed by atoms with E-state index in [0.717, 1.165) is 23.6 Å². The van der Waals surface area contributed by atoms with Gasteiger partial charge >= 0.3 is 0 Å². The van der Waals surface area contributed by atoms with E-state index in [1.54, 1.807) is 18.4 Å². The molecule has 1 aliphatic heterocycles. The van der Waals surface area contributed by atoms with Gasteiger partial charge in [0.2, 0.25) is 5.75 Å². The molecule has 3 rings (SSSR count). The molecule has 0 saturated heterocycles. The van der Waals surface area contributed by atoms with Gasteiger partial charge in [-0.15, -0.1) is 11.3 Å². The molecule has 0 spiro atoms. The van der Waals surface area contributed by atoms with Crippen LogP contribution in [0, 0.1) is 0 Å². The van der Waals surface area contributed by atoms with Crippen LogP contribution in [0.25, 0.3) is 0 Å². The van der Waals surface area contributed by atoms with E-state index in [2.05, 4.69) is 29.8 Å². The third-order valence-electron chi connectivity index (χ3n) is 3.47. The first-order valence-corrected chi connectivity index (χ1v) is 7.89. The molecule has 1 aromatic carbocycles. The highest BCUT2D eigenvalue weighted by molar-refractivity contribution is 7.10. The number of fused-ring (bicyclic) bond motifs is 1. The summed E-state index contributed by atoms with van der Waals surface area (Å²) in [6, 6.07) is 8.56. The zero-order valence-electron chi connectivity index (χ0n) is 12.2. The van der Waals surface area contributed by atoms with E-state index in [1.165, 1.54) is 4.88 Å². The fourth-order valence-corrected chi connectivity index (χ4v) is 3.10. The molecule has 1 aliphatic rings. The number of thiophene rings is 1. The topological polar surface area (TPSA) is 39.7 Å². The molecule has 112 valence electrons. The standard InChI is InChI=1S/C16H19NO3S/c1-11(15-4-3-7-21-15)17-10-12-8-13(18-2)16-14(9-12)19-5-6-20-16/h3-4,7-9,11,17H,5-6,10H2,1-2H3/t11-/m0/s1. The van der Waals surface area contributed by atoms with Crippen LogP contribution in [0.3, 0.4) is 0 Å². The Labute approximate surface area is 128 Å². The maximum absolute atomic E-state index is 5.65. The number of methoxy groups -OCH3 is 1. The van der Waals surface area contributed by atoms with Crippen molar-refractivity contribution in [3.05, 3.63) is 40.1 Å². The summed E-state index contributed by atoms with van der Waals surface area (Å²) in [4.78, 5) is 1.33. The molecule has 1 N–H and O–H groups in total. The molecule has 4 nitrogen and oxygen atoms in total. The average molecular weight is 305 g/mol. The normalized spacial score (nSPS) is 14.8. The minimum atomic E-state index is 0.323. The van der Waals surface area contributed by atoms with Crippen molar-refractivity contribution in [2.75, 3.05) is 20.3 Å². The molecular weight excluding hydrogens is 286 g/mol. The number of benzene rings is 1. The van der Waals surface area contributed by atoms with E-state index in [-0.39, 0.29) is 0 Å². The number of hydrogen-bond acceptors (Lipinski definition) is 5. The van der Waals surface area contributed by atoms with Gasteiger partial charge in [0.1, 0.15) is 13.2 Å². The molecule has 0 unspecified atom stereocenters. The Morgan fingerprint density at radius 3 is 2.95 bits per heavy atom. The lowest BCUT2D eigenvalue weighted by atomic mass is 10.1. The van der Waals surface area contributed by atoms with Gasteiger partial charge in [-0.1, -0.05) is 6.07 Å². The lowest BCUT2D eigenvalue weighted by molar-refractivity contribution is 0.165. The van der Waals surface area contributed by atoms with Crippen molar-refractivity contribution in [1.82, 2.24) is 5.32 Å². The quantitative estimate of drug-likeness (QED) is 0.919. The molecule has 2 heterocycles. The van der Waals surface area contributed by atoms with Crippen LogP contribution in [-0.4, -0.2) is 20.3 Å². The van der Waals surface area contributed by atoms with E-state index in [4.69, 9.17) is 14.2 Å². The van der Waals surface area contributed by atoms with Crippen molar-refractivity contribution in [3.8, 4) is 17.2 Å². The highest BCUT2D eigenvalue weighted by Crippen LogP contribution is 2.40. The highest BCUT2D eigenvalue weighted by atomic mass is 32.1. The largest absolute Gasteiger partial charge is 0.493 e. The van der Waals surface area contributed by atoms with Gasteiger partial charge in [0.05, 0.1) is 7.11 Å². The molecule has 1 atom stereocenters. The first-order valence-electron chi connectivity index (χ1n) is 7.01. The van der Waals surface area contributed by atoms with E-state index in [1.807, 2.05) is 12.1 Å². The maximum Gasteiger partial charge on any atom is 0.203 e. The summed E-state index contributed by atoms with van der Waals surface area (Å²) in [5, 5.41) is 5.62. The molecule has 1 aromatic heterocycles. The smallest absolute Gasteiger partial charge is 0.203 e. The van der Waals surface area contributed by atoms with Crippen LogP contribution in [-0.2, 0) is 6.54 Å². The predicted molar refractivity (Wildman–Crippen MR) is 83.6 cm³/mol. The zero-order chi connectivity index (χ0) is 14.7. The van der Waals surface area contributed by atoms with Gasteiger partial charge in [0, 0.05) is 17.5 Å². The van der Waals surface area contributed by atoms with Crippen LogP contribution < -0.4 is 19.5 Å². The van der Waals surface area contributed by atoms with E-state index >= 15 is 0 Å². The minimum absolute atomic E-state index is 0.323. The summed E-state index contributed by atoms with van der Waals surface area (Å²) in [6.45, 7) is 4.07. The van der Waals surface area contributed by atoms with Crippen molar-refractivity contribution in [1.29, 1.82) is 0 Å². The summed E-state index contributed by atoms with van der Waals surface area (Å²) in [7, 11) is 1.65. The molecule has 5 heteroatoms. The van der Waals surface area contributed by atoms with Crippen LogP contribution in [0.4, 0.5) is 0 Å². The minimum Gasteiger partial charge on any atom is -0.493 e. The molecule has 0 fully saturated rings. The van der Waals surface area contributed by atoms with E-state index < -0.39 is 0 Å². The zero-order valence-corrected chi connectivity index (χ0v) is 13.0. The lowest BCUT2D eigenvalue weighted by Gasteiger charge is -2.22. The van der Waals surface area contributed by atoms with Gasteiger partial charge in [-0.25, -0.2) is 0 Å². The van der Waals surface area contributed by atoms with Gasteiger partial charge in [-0.3, -0.25) is 0 Å². The predicted octanol–water partition coefficient (Wildman–Crippen LogP) is 3.38. The maximum atomic E-state index is 5.65. The first-order chi connectivity index (χ1) is 10.3. The van der Waals surface area contributed by atoms with Gasteiger partial charge in [-0.2, -0.15) is 0 Å². The fourth-order valence-electron chi connectivity index (χ4n) is 2.34. The molecule has 0 aliphatic carbocycles. The van der Waals surface area contributed by atoms with E-state index in [0.29, 0.717) is 25.0 Å². The van der Waals surface area contributed by atoms with Gasteiger partial charge in [0.25, 0.3) is 0 Å². The average Bonchev–Trinajstić information content (AvgIpc) is 3.06. The second-order valence-electron chi connectivity index (χ2n) is 4.94. The van der Waals surface area contributed by atoms with Crippen LogP contribution >= 0.6 is 11.3 Å². The molecule has 0 bridgehead atoms. The second-order valence-corrected chi connectivity index (χ2v) is 5.92. The third-order valence-corrected chi connectivity index (χ3v) is 4.53. The SMILES string of the molecule is COc1cc(CN[C@@H](C)c2cccs2)cc2c1OCCO2. The summed E-state index contributed by atoms with van der Waals surface area (Å²) in [5.74, 6) is 2.20. The lowest BCUT2D eigenvalue weighted by Crippen LogP contribution is -2.19. The molecule has 21 heavy (non-hydrogen) atoms. The summed E-state index contributed by atoms with van der Waals surface area (Å²) in [6.07, 6.45) is 0. The fraction of sp³-hybridized carbons (Fsp3) is 0.375. The Kier molecular flexibility index (Phi) is 4.31. The molecular formula is C16H19NO3S. The Balaban J connectivity index is 1.73. The van der Waals surface area contributed by atoms with Crippen LogP contribution in [0.5, 0.6) is 17.2 Å². The summed E-state index contributed by atoms with van der Waals surface area (Å²) in [5.41, 5.74) is 1.12. The Morgan fingerprint density at radius 2 is 2.19 bits per heavy atom. The van der Waals surface area contributed by atoms with Crippen molar-refractivity contribution in [3.63, 3.8) is 0 Å². The van der Waals surface area contributed by atoms with Crippen LogP contribution in [0.1, 0.15) is 23.4 Å². The van der Waals surface area contributed by atoms with Gasteiger partial charge in [-0.05, 0) is 36.1 Å². The first kappa shape index (κ1) is 14.2. The summed E-state index contributed by atoms with van der Waals surface area (Å²) < 4.78 is 16.7. The van der Waals surface area contributed by atoms with Crippen LogP contribution in [0.15, 0.2) is 29.6 Å². The molecule has 2 aromatic rings. The van der Waals surface area contributed by atoms with E-state index in [9.17, 15) is 0 Å². The Morgan fingerprint density at radius 1 is 1.33 bits per heavy atom. The number of nitrogens with one attached hydrogen (secondary N) is 1. The van der Waals surface area contributed by atoms with Crippen molar-refractivity contribution in [2.24, 2.45) is 0 Å². The second kappa shape index (κ2) is 6.37. The molecule has 0 amide bonds. The van der Waals surface area contributed by atoms with Gasteiger partial charge in [0.15, 0.2) is 11.5 Å². The highest BCUT2D eigenvalue weighted by Gasteiger charge is 2.18. The number of hydrogen-bond donors (Lipinski definition) is 1. The van der Waals surface area contributed by atoms with Crippen LogP contribution in [0.2, 0.25) is 0 Å². The number of ether oxygens (including phenoxy) is 3. The Bertz CT molecular complexity index is 581. The van der Waals surface area contributed by atoms with Gasteiger partial charge < -0.3 is 19.5 Å². The van der Waals surface area contributed by atoms with Crippen molar-refractivity contribution >= 4 is 11.3 Å². The molecule has 0 radical (unpaired) electrons. The third kappa shape index (κ3) is 3.14. The summed E-state index contributed by atoms with van der Waals surface area (Å²) >= 11 is 1.76. The van der Waals surface area contributed by atoms with Crippen molar-refractivity contribution in [2.45, 2.75) is 19.5 Å². The Hall–Kier alpha value is -1.72. The number of rotatable bonds is 5. The molecule has 0 saturated carbocycles.